The molecular weight excluding hydrogens is 482 g/mol. The van der Waals surface area contributed by atoms with E-state index < -0.39 is 5.97 Å². The third kappa shape index (κ3) is 5.52. The number of nitrogens with one attached hydrogen (secondary N) is 2. The number of piperidine rings is 1. The molecule has 1 aliphatic heterocycles. The summed E-state index contributed by atoms with van der Waals surface area (Å²) in [5.74, 6) is 0.308. The van der Waals surface area contributed by atoms with E-state index in [2.05, 4.69) is 10.6 Å². The van der Waals surface area contributed by atoms with Crippen LogP contribution in [-0.2, 0) is 4.74 Å². The Hall–Kier alpha value is -4.24. The molecular formula is C29H31N5O4. The van der Waals surface area contributed by atoms with E-state index in [1.165, 1.54) is 0 Å². The fourth-order valence-electron chi connectivity index (χ4n) is 4.65. The SMILES string of the molecule is CCOC(=O)c1ccc(NC(=O)c2cn3nc(-c4ccc(OCC)cc4)cc3nc2C2CCNCC2)cc1. The molecule has 2 aromatic heterocycles. The highest BCUT2D eigenvalue weighted by Crippen LogP contribution is 2.29. The van der Waals surface area contributed by atoms with Gasteiger partial charge in [-0.25, -0.2) is 14.3 Å². The van der Waals surface area contributed by atoms with Crippen LogP contribution < -0.4 is 15.4 Å². The number of carbonyl (C=O) groups excluding carboxylic acids is 2. The van der Waals surface area contributed by atoms with Crippen molar-refractivity contribution in [2.45, 2.75) is 32.6 Å². The van der Waals surface area contributed by atoms with E-state index in [1.54, 1.807) is 41.9 Å². The molecule has 0 saturated carbocycles. The molecule has 38 heavy (non-hydrogen) atoms. The van der Waals surface area contributed by atoms with Crippen molar-refractivity contribution in [3.8, 4) is 17.0 Å². The van der Waals surface area contributed by atoms with Crippen LogP contribution in [0.5, 0.6) is 5.75 Å². The van der Waals surface area contributed by atoms with Crippen molar-refractivity contribution in [2.24, 2.45) is 0 Å². The van der Waals surface area contributed by atoms with Crippen molar-refractivity contribution in [1.82, 2.24) is 19.9 Å². The average Bonchev–Trinajstić information content (AvgIpc) is 3.37. The number of amides is 1. The molecule has 9 heteroatoms. The van der Waals surface area contributed by atoms with E-state index in [0.29, 0.717) is 35.7 Å². The Labute approximate surface area is 221 Å². The molecule has 3 heterocycles. The number of hydrogen-bond donors (Lipinski definition) is 2. The molecule has 5 rings (SSSR count). The Morgan fingerprint density at radius 2 is 1.76 bits per heavy atom. The molecule has 2 N–H and O–H groups in total. The number of hydrogen-bond acceptors (Lipinski definition) is 7. The molecule has 1 aliphatic rings. The van der Waals surface area contributed by atoms with Gasteiger partial charge >= 0.3 is 5.97 Å². The normalized spacial score (nSPS) is 13.8. The Bertz CT molecular complexity index is 1420. The minimum Gasteiger partial charge on any atom is -0.494 e. The zero-order valence-corrected chi connectivity index (χ0v) is 21.6. The van der Waals surface area contributed by atoms with E-state index in [1.807, 2.05) is 37.3 Å². The number of ether oxygens (including phenoxy) is 2. The number of nitrogens with zero attached hydrogens (tertiary/aromatic N) is 3. The van der Waals surface area contributed by atoms with Crippen LogP contribution >= 0.6 is 0 Å². The van der Waals surface area contributed by atoms with Gasteiger partial charge in [0.15, 0.2) is 5.65 Å². The van der Waals surface area contributed by atoms with Crippen molar-refractivity contribution >= 4 is 23.2 Å². The molecule has 1 fully saturated rings. The predicted molar refractivity (Wildman–Crippen MR) is 145 cm³/mol. The predicted octanol–water partition coefficient (Wildman–Crippen LogP) is 4.69. The molecule has 196 valence electrons. The van der Waals surface area contributed by atoms with E-state index in [-0.39, 0.29) is 11.8 Å². The van der Waals surface area contributed by atoms with Crippen LogP contribution in [0, 0.1) is 0 Å². The summed E-state index contributed by atoms with van der Waals surface area (Å²) >= 11 is 0. The maximum Gasteiger partial charge on any atom is 0.338 e. The molecule has 0 aliphatic carbocycles. The van der Waals surface area contributed by atoms with Crippen molar-refractivity contribution in [3.63, 3.8) is 0 Å². The van der Waals surface area contributed by atoms with Gasteiger partial charge in [0.2, 0.25) is 0 Å². The van der Waals surface area contributed by atoms with E-state index in [4.69, 9.17) is 19.6 Å². The van der Waals surface area contributed by atoms with Crippen LogP contribution in [-0.4, -0.2) is 52.8 Å². The number of fused-ring (bicyclic) bond motifs is 1. The standard InChI is InChI=1S/C29H31N5O4/c1-3-37-23-11-7-19(8-12-23)25-17-26-32-27(20-13-15-30-16-14-20)24(18-34(26)33-25)28(35)31-22-9-5-21(6-10-22)29(36)38-4-2/h5-12,17-18,20,30H,3-4,13-16H2,1-2H3,(H,31,35). The quantitative estimate of drug-likeness (QED) is 0.329. The van der Waals surface area contributed by atoms with Crippen LogP contribution in [0.1, 0.15) is 59.0 Å². The van der Waals surface area contributed by atoms with Gasteiger partial charge in [-0.2, -0.15) is 5.10 Å². The Balaban J connectivity index is 1.46. The van der Waals surface area contributed by atoms with Crippen LogP contribution in [0.15, 0.2) is 60.8 Å². The largest absolute Gasteiger partial charge is 0.494 e. The van der Waals surface area contributed by atoms with Crippen LogP contribution in [0.3, 0.4) is 0 Å². The number of benzene rings is 2. The highest BCUT2D eigenvalue weighted by Gasteiger charge is 2.25. The Morgan fingerprint density at radius 1 is 1.03 bits per heavy atom. The average molecular weight is 514 g/mol. The minimum atomic E-state index is -0.393. The summed E-state index contributed by atoms with van der Waals surface area (Å²) < 4.78 is 12.2. The van der Waals surface area contributed by atoms with Crippen molar-refractivity contribution < 1.29 is 19.1 Å². The van der Waals surface area contributed by atoms with Crippen LogP contribution in [0.4, 0.5) is 5.69 Å². The molecule has 0 unspecified atom stereocenters. The van der Waals surface area contributed by atoms with E-state index in [9.17, 15) is 9.59 Å². The second kappa shape index (κ2) is 11.4. The molecule has 0 bridgehead atoms. The number of carbonyl (C=O) groups is 2. The second-order valence-electron chi connectivity index (χ2n) is 9.11. The fraction of sp³-hybridized carbons (Fsp3) is 0.310. The second-order valence-corrected chi connectivity index (χ2v) is 9.11. The first-order chi connectivity index (χ1) is 18.6. The number of rotatable bonds is 8. The van der Waals surface area contributed by atoms with E-state index >= 15 is 0 Å². The van der Waals surface area contributed by atoms with Gasteiger partial charge < -0.3 is 20.1 Å². The molecule has 9 nitrogen and oxygen atoms in total. The highest BCUT2D eigenvalue weighted by atomic mass is 16.5. The summed E-state index contributed by atoms with van der Waals surface area (Å²) in [7, 11) is 0. The van der Waals surface area contributed by atoms with Crippen LogP contribution in [0.25, 0.3) is 16.9 Å². The summed E-state index contributed by atoms with van der Waals surface area (Å²) in [6, 6.07) is 16.4. The van der Waals surface area contributed by atoms with Gasteiger partial charge in [0.25, 0.3) is 5.91 Å². The molecule has 1 saturated heterocycles. The number of esters is 1. The lowest BCUT2D eigenvalue weighted by Crippen LogP contribution is -2.29. The fourth-order valence-corrected chi connectivity index (χ4v) is 4.65. The first-order valence-corrected chi connectivity index (χ1v) is 13.0. The summed E-state index contributed by atoms with van der Waals surface area (Å²) in [5.41, 5.74) is 4.67. The molecule has 0 radical (unpaired) electrons. The van der Waals surface area contributed by atoms with Crippen molar-refractivity contribution in [3.05, 3.63) is 77.6 Å². The molecule has 2 aromatic carbocycles. The lowest BCUT2D eigenvalue weighted by Gasteiger charge is -2.24. The van der Waals surface area contributed by atoms with Gasteiger partial charge in [0.1, 0.15) is 5.75 Å². The monoisotopic (exact) mass is 513 g/mol. The van der Waals surface area contributed by atoms with Crippen molar-refractivity contribution in [1.29, 1.82) is 0 Å². The zero-order chi connectivity index (χ0) is 26.5. The lowest BCUT2D eigenvalue weighted by molar-refractivity contribution is 0.0526. The Morgan fingerprint density at radius 3 is 2.45 bits per heavy atom. The molecule has 1 amide bonds. The summed E-state index contributed by atoms with van der Waals surface area (Å²) in [6.45, 7) is 6.39. The Kier molecular flexibility index (Phi) is 7.65. The topological polar surface area (TPSA) is 107 Å². The highest BCUT2D eigenvalue weighted by molar-refractivity contribution is 6.05. The third-order valence-corrected chi connectivity index (χ3v) is 6.56. The first-order valence-electron chi connectivity index (χ1n) is 13.0. The zero-order valence-electron chi connectivity index (χ0n) is 21.6. The minimum absolute atomic E-state index is 0.164. The van der Waals surface area contributed by atoms with Gasteiger partial charge in [0.05, 0.1) is 35.7 Å². The smallest absolute Gasteiger partial charge is 0.338 e. The van der Waals surface area contributed by atoms with Gasteiger partial charge in [-0.1, -0.05) is 0 Å². The van der Waals surface area contributed by atoms with Crippen molar-refractivity contribution in [2.75, 3.05) is 31.6 Å². The first kappa shape index (κ1) is 25.4. The van der Waals surface area contributed by atoms with Crippen LogP contribution in [0.2, 0.25) is 0 Å². The summed E-state index contributed by atoms with van der Waals surface area (Å²) in [4.78, 5) is 30.4. The molecule has 0 spiro atoms. The van der Waals surface area contributed by atoms with Gasteiger partial charge in [-0.05, 0) is 88.3 Å². The van der Waals surface area contributed by atoms with Gasteiger partial charge in [0, 0.05) is 29.4 Å². The van der Waals surface area contributed by atoms with E-state index in [0.717, 1.165) is 48.6 Å². The van der Waals surface area contributed by atoms with Gasteiger partial charge in [-0.15, -0.1) is 0 Å². The maximum absolute atomic E-state index is 13.5. The lowest BCUT2D eigenvalue weighted by atomic mass is 9.91. The molecule has 4 aromatic rings. The van der Waals surface area contributed by atoms with Gasteiger partial charge in [-0.3, -0.25) is 4.79 Å². The number of aromatic nitrogens is 3. The maximum atomic E-state index is 13.5. The molecule has 0 atom stereocenters. The summed E-state index contributed by atoms with van der Waals surface area (Å²) in [5, 5.41) is 11.0. The number of anilines is 1. The third-order valence-electron chi connectivity index (χ3n) is 6.56. The summed E-state index contributed by atoms with van der Waals surface area (Å²) in [6.07, 6.45) is 3.56.